The van der Waals surface area contributed by atoms with Gasteiger partial charge in [-0.1, -0.05) is 47.1 Å². The third-order valence-corrected chi connectivity index (χ3v) is 4.49. The molecule has 0 aliphatic heterocycles. The number of benzene rings is 1. The van der Waals surface area contributed by atoms with E-state index < -0.39 is 0 Å². The topological polar surface area (TPSA) is 0 Å². The molecule has 0 saturated carbocycles. The molecule has 0 spiro atoms. The normalized spacial score (nSPS) is 9.09. The number of hydrogen-bond acceptors (Lipinski definition) is 0. The van der Waals surface area contributed by atoms with Crippen molar-refractivity contribution >= 4 is 10.8 Å². The molecule has 23 heavy (non-hydrogen) atoms. The minimum atomic E-state index is 0. The molecule has 3 rings (SSSR count). The molecule has 0 unspecified atom stereocenters. The van der Waals surface area contributed by atoms with Crippen molar-refractivity contribution in [3.63, 3.8) is 0 Å². The summed E-state index contributed by atoms with van der Waals surface area (Å²) in [6.07, 6.45) is 1.17. The van der Waals surface area contributed by atoms with Gasteiger partial charge in [0, 0.05) is 0 Å². The monoisotopic (exact) mass is 424 g/mol. The van der Waals surface area contributed by atoms with E-state index in [9.17, 15) is 0 Å². The molecule has 0 N–H and O–H groups in total. The Balaban J connectivity index is 0. The summed E-state index contributed by atoms with van der Waals surface area (Å²) in [5.41, 5.74) is 7.53. The average molecular weight is 427 g/mol. The van der Waals surface area contributed by atoms with Crippen LogP contribution in [0.1, 0.15) is 34.7 Å². The summed E-state index contributed by atoms with van der Waals surface area (Å²) >= 11 is 0. The van der Waals surface area contributed by atoms with Gasteiger partial charge >= 0.3 is 26.2 Å². The molecule has 0 nitrogen and oxygen atoms in total. The standard InChI is InChI=1S/C11H17.C9H7.2ClH.Zr/c1-6-11-9(4)7(2)8(3)10(11)5;1-2-5-9-7-3-6-8(9)4-1;;;/h6H2,1-5H3;1-7H;2*1H;/q2*-1;;;+4/p-2. The van der Waals surface area contributed by atoms with Crippen molar-refractivity contribution in [2.24, 2.45) is 0 Å². The molecule has 0 aliphatic rings. The van der Waals surface area contributed by atoms with E-state index in [1.807, 2.05) is 0 Å². The second-order valence-electron chi connectivity index (χ2n) is 5.49. The smallest absolute Gasteiger partial charge is 1.00 e. The molecule has 0 heterocycles. The molecule has 122 valence electrons. The van der Waals surface area contributed by atoms with Crippen LogP contribution in [0.4, 0.5) is 0 Å². The predicted molar refractivity (Wildman–Crippen MR) is 89.9 cm³/mol. The number of fused-ring (bicyclic) bond motifs is 1. The van der Waals surface area contributed by atoms with Gasteiger partial charge in [-0.2, -0.15) is 45.3 Å². The molecule has 3 aromatic carbocycles. The number of halogens is 2. The van der Waals surface area contributed by atoms with E-state index in [0.29, 0.717) is 0 Å². The van der Waals surface area contributed by atoms with Crippen LogP contribution in [-0.4, -0.2) is 0 Å². The van der Waals surface area contributed by atoms with Crippen LogP contribution in [0.5, 0.6) is 0 Å². The summed E-state index contributed by atoms with van der Waals surface area (Å²) in [6, 6.07) is 14.7. The van der Waals surface area contributed by atoms with E-state index in [-0.39, 0.29) is 51.0 Å². The summed E-state index contributed by atoms with van der Waals surface area (Å²) in [5, 5.41) is 2.66. The third-order valence-electron chi connectivity index (χ3n) is 4.49. The molecule has 0 radical (unpaired) electrons. The Hall–Kier alpha value is -0.357. The summed E-state index contributed by atoms with van der Waals surface area (Å²) in [5.74, 6) is 0. The first-order chi connectivity index (χ1) is 9.56. The van der Waals surface area contributed by atoms with E-state index in [1.165, 1.54) is 39.4 Å². The summed E-state index contributed by atoms with van der Waals surface area (Å²) in [4.78, 5) is 0. The van der Waals surface area contributed by atoms with E-state index in [2.05, 4.69) is 77.1 Å². The van der Waals surface area contributed by atoms with Crippen molar-refractivity contribution in [3.05, 3.63) is 70.3 Å². The summed E-state index contributed by atoms with van der Waals surface area (Å²) in [7, 11) is 0. The molecule has 0 amide bonds. The van der Waals surface area contributed by atoms with Crippen LogP contribution >= 0.6 is 0 Å². The average Bonchev–Trinajstić information content (AvgIpc) is 3.01. The van der Waals surface area contributed by atoms with Crippen LogP contribution in [-0.2, 0) is 32.6 Å². The Morgan fingerprint density at radius 1 is 0.870 bits per heavy atom. The zero-order valence-electron chi connectivity index (χ0n) is 14.5. The van der Waals surface area contributed by atoms with Crippen molar-refractivity contribution in [3.8, 4) is 0 Å². The largest absolute Gasteiger partial charge is 4.00 e. The van der Waals surface area contributed by atoms with E-state index in [1.54, 1.807) is 5.56 Å². The molecular formula is C20H24Cl2Zr. The molecule has 0 saturated heterocycles. The SMILES string of the molecule is CC[c-]1c(C)c(C)c(C)c1C.[Cl-].[Cl-].[Zr+4].c1ccc2[cH-]ccc2c1. The van der Waals surface area contributed by atoms with Crippen LogP contribution < -0.4 is 24.8 Å². The Bertz CT molecular complexity index is 652. The van der Waals surface area contributed by atoms with Gasteiger partial charge in [0.05, 0.1) is 0 Å². The van der Waals surface area contributed by atoms with Gasteiger partial charge in [0.2, 0.25) is 0 Å². The molecule has 0 aliphatic carbocycles. The maximum atomic E-state index is 2.23. The quantitative estimate of drug-likeness (QED) is 0.472. The van der Waals surface area contributed by atoms with Crippen LogP contribution in [0.15, 0.2) is 42.5 Å². The fourth-order valence-corrected chi connectivity index (χ4v) is 2.90. The van der Waals surface area contributed by atoms with Gasteiger partial charge in [0.25, 0.3) is 0 Å². The zero-order valence-corrected chi connectivity index (χ0v) is 18.5. The second-order valence-corrected chi connectivity index (χ2v) is 5.49. The first-order valence-electron chi connectivity index (χ1n) is 7.38. The van der Waals surface area contributed by atoms with Crippen molar-refractivity contribution in [2.45, 2.75) is 41.0 Å². The van der Waals surface area contributed by atoms with Crippen LogP contribution in [0.3, 0.4) is 0 Å². The minimum absolute atomic E-state index is 0. The van der Waals surface area contributed by atoms with Crippen molar-refractivity contribution in [1.29, 1.82) is 0 Å². The van der Waals surface area contributed by atoms with Crippen molar-refractivity contribution in [1.82, 2.24) is 0 Å². The van der Waals surface area contributed by atoms with Gasteiger partial charge in [-0.05, 0) is 0 Å². The van der Waals surface area contributed by atoms with Crippen LogP contribution in [0.25, 0.3) is 10.8 Å². The van der Waals surface area contributed by atoms with Crippen molar-refractivity contribution in [2.75, 3.05) is 0 Å². The molecule has 3 aromatic rings. The molecule has 0 atom stereocenters. The molecule has 0 aromatic heterocycles. The second kappa shape index (κ2) is 11.2. The van der Waals surface area contributed by atoms with Crippen molar-refractivity contribution < 1.29 is 51.0 Å². The molecule has 0 fully saturated rings. The van der Waals surface area contributed by atoms with Crippen LogP contribution in [0, 0.1) is 27.7 Å². The fourth-order valence-electron chi connectivity index (χ4n) is 2.90. The van der Waals surface area contributed by atoms with Gasteiger partial charge in [-0.25, -0.2) is 0 Å². The zero-order chi connectivity index (χ0) is 14.7. The molecule has 0 bridgehead atoms. The summed E-state index contributed by atoms with van der Waals surface area (Å²) in [6.45, 7) is 11.1. The van der Waals surface area contributed by atoms with E-state index in [0.717, 1.165) is 0 Å². The third kappa shape index (κ3) is 5.59. The Morgan fingerprint density at radius 3 is 1.83 bits per heavy atom. The fraction of sp³-hybridized carbons (Fsp3) is 0.300. The van der Waals surface area contributed by atoms with Gasteiger partial charge < -0.3 is 24.8 Å². The minimum Gasteiger partial charge on any atom is -1.00 e. The Kier molecular flexibility index (Phi) is 12.2. The Labute approximate surface area is 172 Å². The molecular weight excluding hydrogens is 402 g/mol. The van der Waals surface area contributed by atoms with Crippen LogP contribution in [0.2, 0.25) is 0 Å². The van der Waals surface area contributed by atoms with Gasteiger partial charge in [-0.3, -0.25) is 0 Å². The maximum Gasteiger partial charge on any atom is 4.00 e. The number of rotatable bonds is 1. The number of hydrogen-bond donors (Lipinski definition) is 0. The first-order valence-corrected chi connectivity index (χ1v) is 7.38. The van der Waals surface area contributed by atoms with E-state index >= 15 is 0 Å². The Morgan fingerprint density at radius 2 is 1.39 bits per heavy atom. The predicted octanol–water partition coefficient (Wildman–Crippen LogP) is -0.234. The van der Waals surface area contributed by atoms with E-state index in [4.69, 9.17) is 0 Å². The maximum absolute atomic E-state index is 2.23. The van der Waals surface area contributed by atoms with Gasteiger partial charge in [0.1, 0.15) is 0 Å². The molecule has 3 heteroatoms. The van der Waals surface area contributed by atoms with Gasteiger partial charge in [-0.15, -0.1) is 29.7 Å². The summed E-state index contributed by atoms with van der Waals surface area (Å²) < 4.78 is 0. The van der Waals surface area contributed by atoms with Gasteiger partial charge in [0.15, 0.2) is 0 Å². The first kappa shape index (κ1) is 24.9.